The van der Waals surface area contributed by atoms with Crippen LogP contribution in [0.25, 0.3) is 0 Å². The third-order valence-corrected chi connectivity index (χ3v) is 3.13. The Hall–Kier alpha value is -2.09. The molecule has 1 aliphatic carbocycles. The second kappa shape index (κ2) is 4.65. The highest BCUT2D eigenvalue weighted by Gasteiger charge is 2.42. The summed E-state index contributed by atoms with van der Waals surface area (Å²) in [5.74, 6) is -1.58. The quantitative estimate of drug-likeness (QED) is 0.889. The zero-order chi connectivity index (χ0) is 13.2. The first-order valence-corrected chi connectivity index (χ1v) is 5.65. The normalized spacial score (nSPS) is 16.4. The van der Waals surface area contributed by atoms with Crippen LogP contribution < -0.4 is 4.74 Å². The van der Waals surface area contributed by atoms with Crippen LogP contribution in [0.15, 0.2) is 18.2 Å². The average Bonchev–Trinajstić information content (AvgIpc) is 2.28. The number of hydrogen-bond donors (Lipinski definition) is 1. The van der Waals surface area contributed by atoms with Crippen molar-refractivity contribution in [2.45, 2.75) is 31.3 Å². The third-order valence-electron chi connectivity index (χ3n) is 3.13. The van der Waals surface area contributed by atoms with E-state index in [0.29, 0.717) is 12.8 Å². The minimum atomic E-state index is -0.955. The van der Waals surface area contributed by atoms with E-state index in [1.54, 1.807) is 0 Å². The third kappa shape index (κ3) is 2.43. The summed E-state index contributed by atoms with van der Waals surface area (Å²) in [7, 11) is 0. The van der Waals surface area contributed by atoms with Crippen molar-refractivity contribution in [3.8, 4) is 11.8 Å². The lowest BCUT2D eigenvalue weighted by atomic mass is 9.77. The van der Waals surface area contributed by atoms with Gasteiger partial charge in [0, 0.05) is 0 Å². The molecule has 4 nitrogen and oxygen atoms in total. The van der Waals surface area contributed by atoms with Crippen LogP contribution in [0.5, 0.6) is 5.75 Å². The largest absolute Gasteiger partial charge is 0.484 e. The van der Waals surface area contributed by atoms with Gasteiger partial charge in [-0.05, 0) is 37.5 Å². The number of aliphatic carboxylic acids is 1. The van der Waals surface area contributed by atoms with E-state index in [9.17, 15) is 9.18 Å². The van der Waals surface area contributed by atoms with E-state index in [2.05, 4.69) is 0 Å². The lowest BCUT2D eigenvalue weighted by Crippen LogP contribution is -2.45. The van der Waals surface area contributed by atoms with Gasteiger partial charge in [-0.2, -0.15) is 5.26 Å². The molecule has 1 saturated carbocycles. The van der Waals surface area contributed by atoms with E-state index in [1.165, 1.54) is 12.1 Å². The maximum Gasteiger partial charge on any atom is 0.307 e. The van der Waals surface area contributed by atoms with E-state index in [4.69, 9.17) is 15.1 Å². The molecule has 0 saturated heterocycles. The predicted octanol–water partition coefficient (Wildman–Crippen LogP) is 2.47. The van der Waals surface area contributed by atoms with Crippen LogP contribution in [0.4, 0.5) is 4.39 Å². The van der Waals surface area contributed by atoms with Gasteiger partial charge in [-0.3, -0.25) is 4.79 Å². The minimum Gasteiger partial charge on any atom is -0.484 e. The second-order valence-electron chi connectivity index (χ2n) is 4.47. The number of nitriles is 1. The molecule has 1 aromatic carbocycles. The fraction of sp³-hybridized carbons (Fsp3) is 0.385. The maximum absolute atomic E-state index is 13.6. The Labute approximate surface area is 104 Å². The lowest BCUT2D eigenvalue weighted by Gasteiger charge is -2.40. The smallest absolute Gasteiger partial charge is 0.307 e. The van der Waals surface area contributed by atoms with Crippen LogP contribution in [-0.2, 0) is 4.79 Å². The Morgan fingerprint density at radius 2 is 2.28 bits per heavy atom. The summed E-state index contributed by atoms with van der Waals surface area (Å²) in [4.78, 5) is 10.8. The first-order chi connectivity index (χ1) is 8.54. The van der Waals surface area contributed by atoms with Crippen molar-refractivity contribution >= 4 is 5.97 Å². The van der Waals surface area contributed by atoms with Crippen LogP contribution in [0.2, 0.25) is 0 Å². The van der Waals surface area contributed by atoms with Gasteiger partial charge in [0.1, 0.15) is 5.60 Å². The molecule has 94 valence electrons. The summed E-state index contributed by atoms with van der Waals surface area (Å²) in [6.45, 7) is 0. The van der Waals surface area contributed by atoms with E-state index >= 15 is 0 Å². The Bertz CT molecular complexity index is 517. The highest BCUT2D eigenvalue weighted by Crippen LogP contribution is 2.40. The van der Waals surface area contributed by atoms with Gasteiger partial charge in [0.15, 0.2) is 11.6 Å². The molecule has 0 amide bonds. The Morgan fingerprint density at radius 3 is 2.72 bits per heavy atom. The average molecular weight is 249 g/mol. The number of carboxylic acid groups (broad SMARTS) is 1. The molecule has 0 radical (unpaired) electrons. The summed E-state index contributed by atoms with van der Waals surface area (Å²) in [5.41, 5.74) is -0.582. The molecule has 2 rings (SSSR count). The molecule has 0 aromatic heterocycles. The van der Waals surface area contributed by atoms with Gasteiger partial charge in [0.2, 0.25) is 0 Å². The summed E-state index contributed by atoms with van der Waals surface area (Å²) in [6.07, 6.45) is 1.97. The predicted molar refractivity (Wildman–Crippen MR) is 60.6 cm³/mol. The van der Waals surface area contributed by atoms with Crippen LogP contribution >= 0.6 is 0 Å². The molecule has 0 heterocycles. The Morgan fingerprint density at radius 1 is 1.56 bits per heavy atom. The summed E-state index contributed by atoms with van der Waals surface area (Å²) in [6, 6.07) is 5.73. The molecule has 0 aliphatic heterocycles. The lowest BCUT2D eigenvalue weighted by molar-refractivity contribution is -0.144. The van der Waals surface area contributed by atoms with Gasteiger partial charge in [-0.25, -0.2) is 4.39 Å². The Kier molecular flexibility index (Phi) is 3.19. The van der Waals surface area contributed by atoms with Crippen LogP contribution in [-0.4, -0.2) is 16.7 Å². The number of rotatable bonds is 4. The van der Waals surface area contributed by atoms with Crippen molar-refractivity contribution < 1.29 is 19.0 Å². The van der Waals surface area contributed by atoms with E-state index < -0.39 is 17.4 Å². The first kappa shape index (κ1) is 12.4. The summed E-state index contributed by atoms with van der Waals surface area (Å²) in [5, 5.41) is 17.5. The first-order valence-electron chi connectivity index (χ1n) is 5.65. The van der Waals surface area contributed by atoms with Crippen LogP contribution in [0.1, 0.15) is 31.2 Å². The fourth-order valence-corrected chi connectivity index (χ4v) is 2.05. The monoisotopic (exact) mass is 249 g/mol. The van der Waals surface area contributed by atoms with E-state index in [0.717, 1.165) is 12.5 Å². The zero-order valence-corrected chi connectivity index (χ0v) is 9.65. The number of halogens is 1. The van der Waals surface area contributed by atoms with Crippen molar-refractivity contribution in [3.05, 3.63) is 29.6 Å². The molecule has 1 aromatic rings. The second-order valence-corrected chi connectivity index (χ2v) is 4.47. The van der Waals surface area contributed by atoms with Crippen molar-refractivity contribution in [3.63, 3.8) is 0 Å². The molecule has 18 heavy (non-hydrogen) atoms. The number of carboxylic acids is 1. The number of nitrogens with zero attached hydrogens (tertiary/aromatic N) is 1. The molecule has 1 fully saturated rings. The van der Waals surface area contributed by atoms with Gasteiger partial charge in [0.05, 0.1) is 18.1 Å². The molecule has 5 heteroatoms. The number of benzene rings is 1. The topological polar surface area (TPSA) is 70.3 Å². The standard InChI is InChI=1S/C13H12FNO3/c14-10-6-9(8-15)2-3-11(10)18-13(4-1-5-13)7-12(16)17/h2-3,6H,1,4-5,7H2,(H,16,17). The van der Waals surface area contributed by atoms with Crippen molar-refractivity contribution in [2.24, 2.45) is 0 Å². The van der Waals surface area contributed by atoms with Gasteiger partial charge >= 0.3 is 5.97 Å². The summed E-state index contributed by atoms with van der Waals surface area (Å²) >= 11 is 0. The summed E-state index contributed by atoms with van der Waals surface area (Å²) < 4.78 is 19.2. The highest BCUT2D eigenvalue weighted by molar-refractivity contribution is 5.68. The zero-order valence-electron chi connectivity index (χ0n) is 9.65. The molecule has 1 aliphatic rings. The van der Waals surface area contributed by atoms with Gasteiger partial charge < -0.3 is 9.84 Å². The molecular weight excluding hydrogens is 237 g/mol. The number of ether oxygens (including phenoxy) is 1. The molecule has 0 atom stereocenters. The van der Waals surface area contributed by atoms with E-state index in [-0.39, 0.29) is 17.7 Å². The van der Waals surface area contributed by atoms with Gasteiger partial charge in [0.25, 0.3) is 0 Å². The molecular formula is C13H12FNO3. The molecule has 0 bridgehead atoms. The van der Waals surface area contributed by atoms with Crippen molar-refractivity contribution in [1.29, 1.82) is 5.26 Å². The highest BCUT2D eigenvalue weighted by atomic mass is 19.1. The number of carbonyl (C=O) groups is 1. The number of hydrogen-bond acceptors (Lipinski definition) is 3. The van der Waals surface area contributed by atoms with Crippen LogP contribution in [0.3, 0.4) is 0 Å². The van der Waals surface area contributed by atoms with Crippen molar-refractivity contribution in [1.82, 2.24) is 0 Å². The van der Waals surface area contributed by atoms with Crippen LogP contribution in [0, 0.1) is 17.1 Å². The maximum atomic E-state index is 13.6. The SMILES string of the molecule is N#Cc1ccc(OC2(CC(=O)O)CCC2)c(F)c1. The molecule has 0 unspecified atom stereocenters. The van der Waals surface area contributed by atoms with Crippen molar-refractivity contribution in [2.75, 3.05) is 0 Å². The minimum absolute atomic E-state index is 0.00921. The molecule has 0 spiro atoms. The fourth-order valence-electron chi connectivity index (χ4n) is 2.05. The molecule has 1 N–H and O–H groups in total. The van der Waals surface area contributed by atoms with E-state index in [1.807, 2.05) is 6.07 Å². The Balaban J connectivity index is 2.18. The van der Waals surface area contributed by atoms with Gasteiger partial charge in [-0.15, -0.1) is 0 Å². The van der Waals surface area contributed by atoms with Gasteiger partial charge in [-0.1, -0.05) is 0 Å².